The summed E-state index contributed by atoms with van der Waals surface area (Å²) in [6, 6.07) is 9.76. The van der Waals surface area contributed by atoms with Gasteiger partial charge in [-0.15, -0.1) is 0 Å². The first-order valence-corrected chi connectivity index (χ1v) is 12.0. The van der Waals surface area contributed by atoms with E-state index in [4.69, 9.17) is 0 Å². The summed E-state index contributed by atoms with van der Waals surface area (Å²) in [5.41, 5.74) is 11.7. The summed E-state index contributed by atoms with van der Waals surface area (Å²) in [6.45, 7) is 15.2. The molecule has 2 aliphatic rings. The molecule has 1 heterocycles. The minimum atomic E-state index is 0.388. The van der Waals surface area contributed by atoms with E-state index in [0.717, 1.165) is 19.5 Å². The first-order chi connectivity index (χ1) is 15.3. The van der Waals surface area contributed by atoms with Crippen LogP contribution in [0.2, 0.25) is 0 Å². The maximum Gasteiger partial charge on any atom is 0.0662 e. The standard InChI is InChI=1S/C28H38N4/c1-17(2)31-23-11-7-21(8-12-23)25-19(5)20(6)26(28-27(25)29-15-16-30-28)22-9-13-24(14-10-22)32-18(3)4/h7-9,11-14,17-18,22,29-32H,10,15-16H2,1-6H3. The Balaban J connectivity index is 1.74. The fraction of sp³-hybridized carbons (Fsp3) is 0.429. The number of anilines is 3. The summed E-state index contributed by atoms with van der Waals surface area (Å²) < 4.78 is 0. The van der Waals surface area contributed by atoms with E-state index in [1.807, 2.05) is 0 Å². The quantitative estimate of drug-likeness (QED) is 0.419. The van der Waals surface area contributed by atoms with Crippen molar-refractivity contribution in [3.63, 3.8) is 0 Å². The minimum absolute atomic E-state index is 0.388. The molecule has 1 aliphatic heterocycles. The second kappa shape index (κ2) is 9.32. The molecule has 4 rings (SSSR count). The van der Waals surface area contributed by atoms with Gasteiger partial charge >= 0.3 is 0 Å². The summed E-state index contributed by atoms with van der Waals surface area (Å²) in [4.78, 5) is 0. The van der Waals surface area contributed by atoms with Gasteiger partial charge < -0.3 is 21.3 Å². The minimum Gasteiger partial charge on any atom is -0.383 e. The highest BCUT2D eigenvalue weighted by Gasteiger charge is 2.26. The van der Waals surface area contributed by atoms with Gasteiger partial charge in [0.15, 0.2) is 0 Å². The molecule has 0 saturated heterocycles. The number of allylic oxidation sites excluding steroid dienone is 3. The second-order valence-electron chi connectivity index (χ2n) is 9.68. The third kappa shape index (κ3) is 4.50. The number of benzene rings is 2. The van der Waals surface area contributed by atoms with E-state index in [0.29, 0.717) is 18.0 Å². The number of rotatable bonds is 6. The molecule has 0 radical (unpaired) electrons. The van der Waals surface area contributed by atoms with Crippen LogP contribution in [0.1, 0.15) is 56.7 Å². The Hall–Kier alpha value is -2.88. The number of hydrogen-bond acceptors (Lipinski definition) is 4. The van der Waals surface area contributed by atoms with Gasteiger partial charge in [0.05, 0.1) is 11.4 Å². The monoisotopic (exact) mass is 430 g/mol. The molecule has 0 fully saturated rings. The first-order valence-electron chi connectivity index (χ1n) is 12.0. The van der Waals surface area contributed by atoms with Gasteiger partial charge in [0.2, 0.25) is 0 Å². The van der Waals surface area contributed by atoms with Crippen LogP contribution in [-0.4, -0.2) is 25.2 Å². The highest BCUT2D eigenvalue weighted by atomic mass is 15.0. The molecule has 0 spiro atoms. The van der Waals surface area contributed by atoms with Crippen LogP contribution < -0.4 is 21.3 Å². The van der Waals surface area contributed by atoms with Crippen molar-refractivity contribution in [1.29, 1.82) is 0 Å². The lowest BCUT2D eigenvalue weighted by molar-refractivity contribution is 0.669. The molecule has 32 heavy (non-hydrogen) atoms. The SMILES string of the molecule is Cc1c(C)c(C2C=CC(NC(C)C)=CC2)c2c(c1-c1ccc(NC(C)C)cc1)NCCN2. The zero-order valence-electron chi connectivity index (χ0n) is 20.4. The van der Waals surface area contributed by atoms with E-state index in [2.05, 4.69) is 105 Å². The Kier molecular flexibility index (Phi) is 6.50. The highest BCUT2D eigenvalue weighted by molar-refractivity contribution is 5.94. The highest BCUT2D eigenvalue weighted by Crippen LogP contribution is 2.47. The molecule has 4 heteroatoms. The second-order valence-corrected chi connectivity index (χ2v) is 9.68. The first kappa shape index (κ1) is 22.3. The zero-order valence-corrected chi connectivity index (χ0v) is 20.4. The van der Waals surface area contributed by atoms with Crippen LogP contribution in [0.4, 0.5) is 17.1 Å². The fourth-order valence-corrected chi connectivity index (χ4v) is 4.93. The summed E-state index contributed by atoms with van der Waals surface area (Å²) in [6.07, 6.45) is 7.99. The van der Waals surface area contributed by atoms with Crippen molar-refractivity contribution in [3.05, 3.63) is 64.9 Å². The molecule has 4 N–H and O–H groups in total. The van der Waals surface area contributed by atoms with Gasteiger partial charge in [0.1, 0.15) is 0 Å². The largest absolute Gasteiger partial charge is 0.383 e. The Morgan fingerprint density at radius 1 is 0.844 bits per heavy atom. The van der Waals surface area contributed by atoms with E-state index in [1.165, 1.54) is 50.6 Å². The van der Waals surface area contributed by atoms with Gasteiger partial charge in [0, 0.05) is 48.0 Å². The molecular formula is C28H38N4. The van der Waals surface area contributed by atoms with Crippen LogP contribution in [-0.2, 0) is 0 Å². The van der Waals surface area contributed by atoms with E-state index in [-0.39, 0.29) is 0 Å². The Labute approximate surface area is 193 Å². The van der Waals surface area contributed by atoms with Crippen molar-refractivity contribution in [2.75, 3.05) is 29.0 Å². The Bertz CT molecular complexity index is 1030. The van der Waals surface area contributed by atoms with Crippen molar-refractivity contribution >= 4 is 17.1 Å². The summed E-state index contributed by atoms with van der Waals surface area (Å²) in [7, 11) is 0. The van der Waals surface area contributed by atoms with Gasteiger partial charge in [-0.2, -0.15) is 0 Å². The molecule has 4 nitrogen and oxygen atoms in total. The van der Waals surface area contributed by atoms with Crippen molar-refractivity contribution < 1.29 is 0 Å². The Morgan fingerprint density at radius 2 is 1.50 bits per heavy atom. The topological polar surface area (TPSA) is 48.1 Å². The molecule has 2 aromatic rings. The lowest BCUT2D eigenvalue weighted by atomic mass is 9.81. The predicted molar refractivity (Wildman–Crippen MR) is 140 cm³/mol. The smallest absolute Gasteiger partial charge is 0.0662 e. The van der Waals surface area contributed by atoms with Crippen LogP contribution >= 0.6 is 0 Å². The molecule has 170 valence electrons. The molecule has 0 amide bonds. The lowest BCUT2D eigenvalue weighted by Crippen LogP contribution is -2.25. The van der Waals surface area contributed by atoms with Gasteiger partial charge in [-0.05, 0) is 88.4 Å². The molecule has 0 aromatic heterocycles. The third-order valence-electron chi connectivity index (χ3n) is 6.39. The van der Waals surface area contributed by atoms with Crippen LogP contribution in [0.5, 0.6) is 0 Å². The fourth-order valence-electron chi connectivity index (χ4n) is 4.93. The number of hydrogen-bond donors (Lipinski definition) is 4. The average molecular weight is 431 g/mol. The molecule has 1 atom stereocenters. The molecular weight excluding hydrogens is 392 g/mol. The van der Waals surface area contributed by atoms with Crippen molar-refractivity contribution in [3.8, 4) is 11.1 Å². The molecule has 0 saturated carbocycles. The van der Waals surface area contributed by atoms with Gasteiger partial charge in [-0.1, -0.05) is 24.3 Å². The maximum absolute atomic E-state index is 3.74. The van der Waals surface area contributed by atoms with Crippen LogP contribution in [0.25, 0.3) is 11.1 Å². The third-order valence-corrected chi connectivity index (χ3v) is 6.39. The summed E-state index contributed by atoms with van der Waals surface area (Å²) in [5, 5.41) is 14.5. The summed E-state index contributed by atoms with van der Waals surface area (Å²) >= 11 is 0. The van der Waals surface area contributed by atoms with E-state index >= 15 is 0 Å². The summed E-state index contributed by atoms with van der Waals surface area (Å²) in [5.74, 6) is 0.388. The Morgan fingerprint density at radius 3 is 2.09 bits per heavy atom. The zero-order chi connectivity index (χ0) is 22.8. The molecule has 1 unspecified atom stereocenters. The lowest BCUT2D eigenvalue weighted by Gasteiger charge is -2.32. The van der Waals surface area contributed by atoms with Crippen molar-refractivity contribution in [1.82, 2.24) is 5.32 Å². The van der Waals surface area contributed by atoms with Gasteiger partial charge in [-0.3, -0.25) is 0 Å². The van der Waals surface area contributed by atoms with E-state index in [1.54, 1.807) is 0 Å². The number of nitrogens with one attached hydrogen (secondary N) is 4. The molecule has 0 bridgehead atoms. The van der Waals surface area contributed by atoms with Crippen LogP contribution in [0.3, 0.4) is 0 Å². The average Bonchev–Trinajstić information content (AvgIpc) is 2.76. The van der Waals surface area contributed by atoms with Crippen LogP contribution in [0.15, 0.2) is 48.2 Å². The van der Waals surface area contributed by atoms with Crippen molar-refractivity contribution in [2.24, 2.45) is 0 Å². The predicted octanol–water partition coefficient (Wildman–Crippen LogP) is 6.55. The normalized spacial score (nSPS) is 17.5. The van der Waals surface area contributed by atoms with Gasteiger partial charge in [0.25, 0.3) is 0 Å². The van der Waals surface area contributed by atoms with Crippen molar-refractivity contribution in [2.45, 2.75) is 66.0 Å². The number of fused-ring (bicyclic) bond motifs is 1. The van der Waals surface area contributed by atoms with Crippen LogP contribution in [0, 0.1) is 13.8 Å². The van der Waals surface area contributed by atoms with E-state index in [9.17, 15) is 0 Å². The van der Waals surface area contributed by atoms with Gasteiger partial charge in [-0.25, -0.2) is 0 Å². The molecule has 2 aromatic carbocycles. The maximum atomic E-state index is 3.74. The molecule has 1 aliphatic carbocycles. The van der Waals surface area contributed by atoms with E-state index < -0.39 is 0 Å².